The van der Waals surface area contributed by atoms with Crippen molar-refractivity contribution in [1.29, 1.82) is 5.41 Å². The van der Waals surface area contributed by atoms with Gasteiger partial charge in [0, 0.05) is 11.3 Å². The van der Waals surface area contributed by atoms with E-state index in [1.807, 2.05) is 0 Å². The molecule has 0 bridgehead atoms. The highest BCUT2D eigenvalue weighted by Crippen LogP contribution is 2.38. The van der Waals surface area contributed by atoms with Crippen LogP contribution in [0.3, 0.4) is 0 Å². The minimum absolute atomic E-state index is 0.0373. The summed E-state index contributed by atoms with van der Waals surface area (Å²) in [7, 11) is 0. The van der Waals surface area contributed by atoms with Gasteiger partial charge in [-0.25, -0.2) is 4.98 Å². The van der Waals surface area contributed by atoms with Crippen LogP contribution in [-0.2, 0) is 5.41 Å². The van der Waals surface area contributed by atoms with Crippen molar-refractivity contribution in [3.8, 4) is 0 Å². The Morgan fingerprint density at radius 3 is 2.33 bits per heavy atom. The number of hydrogen-bond donors (Lipinski definition) is 2. The van der Waals surface area contributed by atoms with Crippen molar-refractivity contribution in [3.63, 3.8) is 0 Å². The third kappa shape index (κ3) is 2.74. The SMILES string of the molecule is CC(C)(C)c1nc(C2CCCCC2)sc1C(=N)N. The van der Waals surface area contributed by atoms with Crippen LogP contribution in [-0.4, -0.2) is 10.8 Å². The van der Waals surface area contributed by atoms with Gasteiger partial charge in [0.05, 0.1) is 15.6 Å². The van der Waals surface area contributed by atoms with E-state index in [4.69, 9.17) is 16.1 Å². The average Bonchev–Trinajstić information content (AvgIpc) is 2.74. The molecule has 4 heteroatoms. The van der Waals surface area contributed by atoms with Gasteiger partial charge >= 0.3 is 0 Å². The van der Waals surface area contributed by atoms with Gasteiger partial charge in [0.15, 0.2) is 0 Å². The van der Waals surface area contributed by atoms with E-state index in [-0.39, 0.29) is 11.3 Å². The Kier molecular flexibility index (Phi) is 3.76. The van der Waals surface area contributed by atoms with Gasteiger partial charge in [-0.05, 0) is 12.8 Å². The molecule has 0 aliphatic heterocycles. The van der Waals surface area contributed by atoms with Crippen molar-refractivity contribution < 1.29 is 0 Å². The third-order valence-corrected chi connectivity index (χ3v) is 4.80. The molecule has 0 radical (unpaired) electrons. The van der Waals surface area contributed by atoms with Gasteiger partial charge in [0.25, 0.3) is 0 Å². The number of hydrogen-bond acceptors (Lipinski definition) is 3. The normalized spacial score (nSPS) is 17.9. The van der Waals surface area contributed by atoms with Gasteiger partial charge in [0.2, 0.25) is 0 Å². The zero-order valence-electron chi connectivity index (χ0n) is 11.5. The largest absolute Gasteiger partial charge is 0.383 e. The Bertz CT molecular complexity index is 436. The number of nitrogens with one attached hydrogen (secondary N) is 1. The first-order valence-electron chi connectivity index (χ1n) is 6.75. The van der Waals surface area contributed by atoms with E-state index in [0.29, 0.717) is 5.92 Å². The Morgan fingerprint density at radius 2 is 1.89 bits per heavy atom. The van der Waals surface area contributed by atoms with Crippen molar-refractivity contribution in [1.82, 2.24) is 4.98 Å². The van der Waals surface area contributed by atoms with E-state index >= 15 is 0 Å². The van der Waals surface area contributed by atoms with Gasteiger partial charge in [-0.15, -0.1) is 11.3 Å². The fraction of sp³-hybridized carbons (Fsp3) is 0.714. The predicted octanol–water partition coefficient (Wildman–Crippen LogP) is 3.77. The molecule has 0 atom stereocenters. The van der Waals surface area contributed by atoms with Crippen molar-refractivity contribution in [2.24, 2.45) is 5.73 Å². The molecule has 2 rings (SSSR count). The zero-order chi connectivity index (χ0) is 13.3. The number of nitrogens with two attached hydrogens (primary N) is 1. The highest BCUT2D eigenvalue weighted by Gasteiger charge is 2.27. The number of thiazole rings is 1. The van der Waals surface area contributed by atoms with Crippen LogP contribution in [0.1, 0.15) is 74.4 Å². The average molecular weight is 265 g/mol. The molecule has 1 heterocycles. The Hall–Kier alpha value is -0.900. The van der Waals surface area contributed by atoms with Crippen molar-refractivity contribution in [2.45, 2.75) is 64.2 Å². The zero-order valence-corrected chi connectivity index (χ0v) is 12.4. The van der Waals surface area contributed by atoms with Crippen molar-refractivity contribution in [2.75, 3.05) is 0 Å². The summed E-state index contributed by atoms with van der Waals surface area (Å²) < 4.78 is 0. The maximum absolute atomic E-state index is 7.73. The molecule has 1 saturated carbocycles. The summed E-state index contributed by atoms with van der Waals surface area (Å²) in [6.07, 6.45) is 6.46. The fourth-order valence-corrected chi connectivity index (χ4v) is 3.86. The number of aromatic nitrogens is 1. The molecule has 1 aliphatic carbocycles. The fourth-order valence-electron chi connectivity index (χ4n) is 2.55. The maximum Gasteiger partial charge on any atom is 0.135 e. The summed E-state index contributed by atoms with van der Waals surface area (Å²) in [5.41, 5.74) is 6.67. The van der Waals surface area contributed by atoms with Crippen LogP contribution < -0.4 is 5.73 Å². The monoisotopic (exact) mass is 265 g/mol. The molecule has 3 N–H and O–H groups in total. The topological polar surface area (TPSA) is 62.8 Å². The van der Waals surface area contributed by atoms with Crippen LogP contribution in [0.2, 0.25) is 0 Å². The molecule has 0 spiro atoms. The van der Waals surface area contributed by atoms with E-state index in [2.05, 4.69) is 20.8 Å². The number of amidine groups is 1. The van der Waals surface area contributed by atoms with Crippen LogP contribution in [0.15, 0.2) is 0 Å². The standard InChI is InChI=1S/C14H23N3S/c1-14(2,3)11-10(12(15)16)18-13(17-11)9-7-5-4-6-8-9/h9H,4-8H2,1-3H3,(H3,15,16). The quantitative estimate of drug-likeness (QED) is 0.631. The number of rotatable bonds is 2. The van der Waals surface area contributed by atoms with E-state index in [1.165, 1.54) is 37.1 Å². The van der Waals surface area contributed by atoms with Gasteiger partial charge in [0.1, 0.15) is 5.84 Å². The third-order valence-electron chi connectivity index (χ3n) is 3.55. The van der Waals surface area contributed by atoms with Crippen molar-refractivity contribution in [3.05, 3.63) is 15.6 Å². The summed E-state index contributed by atoms with van der Waals surface area (Å²) in [4.78, 5) is 5.70. The Morgan fingerprint density at radius 1 is 1.28 bits per heavy atom. The lowest BCUT2D eigenvalue weighted by atomic mass is 9.89. The summed E-state index contributed by atoms with van der Waals surface area (Å²) in [5.74, 6) is 0.762. The van der Waals surface area contributed by atoms with E-state index in [0.717, 1.165) is 10.6 Å². The van der Waals surface area contributed by atoms with Gasteiger partial charge in [-0.1, -0.05) is 40.0 Å². The molecule has 1 aromatic rings. The molecule has 3 nitrogen and oxygen atoms in total. The lowest BCUT2D eigenvalue weighted by Crippen LogP contribution is -2.20. The Labute approximate surface area is 113 Å². The van der Waals surface area contributed by atoms with E-state index < -0.39 is 0 Å². The first-order valence-corrected chi connectivity index (χ1v) is 7.57. The lowest BCUT2D eigenvalue weighted by Gasteiger charge is -2.19. The van der Waals surface area contributed by atoms with Crippen LogP contribution >= 0.6 is 11.3 Å². The second-order valence-electron chi connectivity index (χ2n) is 6.23. The van der Waals surface area contributed by atoms with E-state index in [9.17, 15) is 0 Å². The number of nitrogens with zero attached hydrogens (tertiary/aromatic N) is 1. The minimum Gasteiger partial charge on any atom is -0.383 e. The molecule has 100 valence electrons. The Balaban J connectivity index is 2.35. The summed E-state index contributed by atoms with van der Waals surface area (Å²) >= 11 is 1.64. The molecule has 1 aromatic heterocycles. The minimum atomic E-state index is -0.0373. The van der Waals surface area contributed by atoms with Crippen LogP contribution in [0, 0.1) is 5.41 Å². The van der Waals surface area contributed by atoms with E-state index in [1.54, 1.807) is 11.3 Å². The van der Waals surface area contributed by atoms with Gasteiger partial charge in [-0.3, -0.25) is 5.41 Å². The number of nitrogen functional groups attached to an aromatic ring is 1. The molecular weight excluding hydrogens is 242 g/mol. The van der Waals surface area contributed by atoms with Gasteiger partial charge in [-0.2, -0.15) is 0 Å². The summed E-state index contributed by atoms with van der Waals surface area (Å²) in [6.45, 7) is 6.41. The second kappa shape index (κ2) is 5.00. The molecule has 0 saturated heterocycles. The predicted molar refractivity (Wildman–Crippen MR) is 77.7 cm³/mol. The first-order chi connectivity index (χ1) is 8.39. The molecule has 0 unspecified atom stereocenters. The summed E-state index contributed by atoms with van der Waals surface area (Å²) in [6, 6.07) is 0. The first kappa shape index (κ1) is 13.5. The smallest absolute Gasteiger partial charge is 0.135 e. The molecule has 1 fully saturated rings. The molecule has 0 amide bonds. The van der Waals surface area contributed by atoms with Crippen LogP contribution in [0.25, 0.3) is 0 Å². The van der Waals surface area contributed by atoms with Crippen LogP contribution in [0.5, 0.6) is 0 Å². The highest BCUT2D eigenvalue weighted by molar-refractivity contribution is 7.14. The summed E-state index contributed by atoms with van der Waals surface area (Å²) in [5, 5.41) is 8.93. The van der Waals surface area contributed by atoms with Crippen LogP contribution in [0.4, 0.5) is 0 Å². The molecule has 0 aromatic carbocycles. The van der Waals surface area contributed by atoms with Crippen molar-refractivity contribution >= 4 is 17.2 Å². The van der Waals surface area contributed by atoms with Gasteiger partial charge < -0.3 is 5.73 Å². The highest BCUT2D eigenvalue weighted by atomic mass is 32.1. The maximum atomic E-state index is 7.73. The molecule has 18 heavy (non-hydrogen) atoms. The molecular formula is C14H23N3S. The second-order valence-corrected chi connectivity index (χ2v) is 7.26. The lowest BCUT2D eigenvalue weighted by molar-refractivity contribution is 0.440. The molecule has 1 aliphatic rings.